The van der Waals surface area contributed by atoms with Gasteiger partial charge in [0.1, 0.15) is 12.4 Å². The molecule has 1 atom stereocenters. The molecule has 0 bridgehead atoms. The van der Waals surface area contributed by atoms with Crippen LogP contribution in [-0.4, -0.2) is 22.3 Å². The van der Waals surface area contributed by atoms with Crippen LogP contribution >= 0.6 is 0 Å². The number of ether oxygens (including phenoxy) is 1. The lowest BCUT2D eigenvalue weighted by Gasteiger charge is -2.24. The second kappa shape index (κ2) is 8.91. The molecular weight excluding hydrogens is 382 g/mol. The van der Waals surface area contributed by atoms with Gasteiger partial charge in [0.25, 0.3) is 0 Å². The first-order valence-electron chi connectivity index (χ1n) is 10.8. The molecular formula is C28H29NO2. The minimum atomic E-state index is -0.955. The molecule has 0 amide bonds. The first-order valence-corrected chi connectivity index (χ1v) is 10.8. The Morgan fingerprint density at radius 2 is 1.74 bits per heavy atom. The Morgan fingerprint density at radius 3 is 2.52 bits per heavy atom. The van der Waals surface area contributed by atoms with Gasteiger partial charge < -0.3 is 9.84 Å². The van der Waals surface area contributed by atoms with Crippen LogP contribution in [0.2, 0.25) is 0 Å². The molecule has 1 aromatic heterocycles. The average molecular weight is 412 g/mol. The Kier molecular flexibility index (Phi) is 6.06. The van der Waals surface area contributed by atoms with Crippen LogP contribution < -0.4 is 4.74 Å². The number of rotatable bonds is 7. The quantitative estimate of drug-likeness (QED) is 0.383. The monoisotopic (exact) mass is 411 g/mol. The Bertz CT molecular complexity index is 1170. The molecule has 4 aromatic rings. The molecule has 3 aromatic carbocycles. The van der Waals surface area contributed by atoms with E-state index in [2.05, 4.69) is 43.1 Å². The molecule has 3 heteroatoms. The molecule has 0 aliphatic rings. The Labute approximate surface area is 184 Å². The second-order valence-electron chi connectivity index (χ2n) is 8.77. The minimum Gasteiger partial charge on any atom is -0.491 e. The molecule has 31 heavy (non-hydrogen) atoms. The summed E-state index contributed by atoms with van der Waals surface area (Å²) in [6, 6.07) is 26.6. The van der Waals surface area contributed by atoms with E-state index >= 15 is 0 Å². The molecule has 0 fully saturated rings. The lowest BCUT2D eigenvalue weighted by molar-refractivity contribution is 0.0120. The van der Waals surface area contributed by atoms with Gasteiger partial charge in [-0.25, -0.2) is 0 Å². The van der Waals surface area contributed by atoms with Gasteiger partial charge in [-0.3, -0.25) is 4.98 Å². The first-order chi connectivity index (χ1) is 14.9. The second-order valence-corrected chi connectivity index (χ2v) is 8.77. The van der Waals surface area contributed by atoms with Crippen molar-refractivity contribution in [1.82, 2.24) is 4.98 Å². The number of hydrogen-bond donors (Lipinski definition) is 1. The molecule has 3 nitrogen and oxygen atoms in total. The summed E-state index contributed by atoms with van der Waals surface area (Å²) in [6.45, 7) is 6.44. The largest absolute Gasteiger partial charge is 0.491 e. The molecule has 0 spiro atoms. The van der Waals surface area contributed by atoms with E-state index < -0.39 is 5.60 Å². The minimum absolute atomic E-state index is 0.219. The number of benzene rings is 3. The average Bonchev–Trinajstić information content (AvgIpc) is 2.77. The highest BCUT2D eigenvalue weighted by atomic mass is 16.5. The standard InChI is InChI=1S/C28H29NO2/c1-20(2)24-15-23-12-8-14-29-27(23)26(17-24)22-11-7-13-25(16-22)31-19-28(3,30)18-21-9-5-4-6-10-21/h4-17,20,30H,18-19H2,1-3H3. The smallest absolute Gasteiger partial charge is 0.120 e. The van der Waals surface area contributed by atoms with Gasteiger partial charge in [-0.05, 0) is 59.9 Å². The lowest BCUT2D eigenvalue weighted by Crippen LogP contribution is -2.34. The fourth-order valence-electron chi connectivity index (χ4n) is 3.85. The summed E-state index contributed by atoms with van der Waals surface area (Å²) in [5.74, 6) is 1.17. The Hall–Kier alpha value is -3.17. The van der Waals surface area contributed by atoms with Crippen LogP contribution in [-0.2, 0) is 6.42 Å². The zero-order chi connectivity index (χ0) is 21.8. The molecule has 1 heterocycles. The van der Waals surface area contributed by atoms with Crippen molar-refractivity contribution in [3.63, 3.8) is 0 Å². The SMILES string of the molecule is CC(C)c1cc(-c2cccc(OCC(C)(O)Cc3ccccc3)c2)c2ncccc2c1. The van der Waals surface area contributed by atoms with Crippen LogP contribution in [0.5, 0.6) is 5.75 Å². The highest BCUT2D eigenvalue weighted by molar-refractivity contribution is 5.94. The lowest BCUT2D eigenvalue weighted by atomic mass is 9.94. The predicted molar refractivity (Wildman–Crippen MR) is 128 cm³/mol. The van der Waals surface area contributed by atoms with Crippen molar-refractivity contribution in [3.05, 3.63) is 96.2 Å². The molecule has 0 saturated heterocycles. The maximum Gasteiger partial charge on any atom is 0.120 e. The highest BCUT2D eigenvalue weighted by Gasteiger charge is 2.22. The van der Waals surface area contributed by atoms with E-state index in [9.17, 15) is 5.11 Å². The van der Waals surface area contributed by atoms with E-state index in [4.69, 9.17) is 4.74 Å². The molecule has 0 aliphatic carbocycles. The molecule has 0 saturated carbocycles. The van der Waals surface area contributed by atoms with E-state index in [0.29, 0.717) is 12.3 Å². The van der Waals surface area contributed by atoms with Gasteiger partial charge in [-0.1, -0.05) is 62.4 Å². The summed E-state index contributed by atoms with van der Waals surface area (Å²) in [7, 11) is 0. The number of hydrogen-bond acceptors (Lipinski definition) is 3. The molecule has 4 rings (SSSR count). The summed E-state index contributed by atoms with van der Waals surface area (Å²) in [5.41, 5.74) is 4.57. The van der Waals surface area contributed by atoms with Crippen LogP contribution in [0.25, 0.3) is 22.0 Å². The van der Waals surface area contributed by atoms with Gasteiger partial charge in [0.05, 0.1) is 11.1 Å². The predicted octanol–water partition coefficient (Wildman–Crippen LogP) is 6.40. The number of fused-ring (bicyclic) bond motifs is 1. The summed E-state index contributed by atoms with van der Waals surface area (Å²) < 4.78 is 6.02. The molecule has 1 N–H and O–H groups in total. The van der Waals surface area contributed by atoms with Crippen LogP contribution in [0, 0.1) is 0 Å². The van der Waals surface area contributed by atoms with Gasteiger partial charge in [0.15, 0.2) is 0 Å². The van der Waals surface area contributed by atoms with E-state index in [0.717, 1.165) is 33.3 Å². The highest BCUT2D eigenvalue weighted by Crippen LogP contribution is 2.33. The van der Waals surface area contributed by atoms with Crippen molar-refractivity contribution in [2.75, 3.05) is 6.61 Å². The summed E-state index contributed by atoms with van der Waals surface area (Å²) in [5, 5.41) is 12.0. The Morgan fingerprint density at radius 1 is 0.935 bits per heavy atom. The van der Waals surface area contributed by atoms with Gasteiger partial charge in [0.2, 0.25) is 0 Å². The molecule has 0 aliphatic heterocycles. The van der Waals surface area contributed by atoms with Gasteiger partial charge in [-0.2, -0.15) is 0 Å². The van der Waals surface area contributed by atoms with Crippen molar-refractivity contribution in [2.45, 2.75) is 38.7 Å². The maximum absolute atomic E-state index is 10.8. The van der Waals surface area contributed by atoms with Crippen molar-refractivity contribution in [2.24, 2.45) is 0 Å². The number of nitrogens with zero attached hydrogens (tertiary/aromatic N) is 1. The normalized spacial score (nSPS) is 13.3. The number of aliphatic hydroxyl groups is 1. The fraction of sp³-hybridized carbons (Fsp3) is 0.250. The van der Waals surface area contributed by atoms with Crippen LogP contribution in [0.1, 0.15) is 37.8 Å². The van der Waals surface area contributed by atoms with E-state index in [1.165, 1.54) is 5.56 Å². The zero-order valence-corrected chi connectivity index (χ0v) is 18.4. The third-order valence-electron chi connectivity index (χ3n) is 5.52. The zero-order valence-electron chi connectivity index (χ0n) is 18.4. The van der Waals surface area contributed by atoms with Crippen molar-refractivity contribution in [3.8, 4) is 16.9 Å². The first kappa shape index (κ1) is 21.1. The Balaban J connectivity index is 1.59. The van der Waals surface area contributed by atoms with Crippen LogP contribution in [0.4, 0.5) is 0 Å². The number of pyridine rings is 1. The third kappa shape index (κ3) is 5.12. The van der Waals surface area contributed by atoms with Gasteiger partial charge in [0, 0.05) is 23.6 Å². The van der Waals surface area contributed by atoms with Gasteiger partial charge >= 0.3 is 0 Å². The topological polar surface area (TPSA) is 42.4 Å². The van der Waals surface area contributed by atoms with E-state index in [1.807, 2.05) is 67.7 Å². The molecule has 158 valence electrons. The molecule has 1 unspecified atom stereocenters. The summed E-state index contributed by atoms with van der Waals surface area (Å²) in [4.78, 5) is 4.64. The van der Waals surface area contributed by atoms with Crippen molar-refractivity contribution < 1.29 is 9.84 Å². The van der Waals surface area contributed by atoms with Crippen molar-refractivity contribution in [1.29, 1.82) is 0 Å². The fourth-order valence-corrected chi connectivity index (χ4v) is 3.85. The van der Waals surface area contributed by atoms with E-state index in [-0.39, 0.29) is 6.61 Å². The van der Waals surface area contributed by atoms with Crippen LogP contribution in [0.15, 0.2) is 85.1 Å². The van der Waals surface area contributed by atoms with Crippen LogP contribution in [0.3, 0.4) is 0 Å². The van der Waals surface area contributed by atoms with Crippen molar-refractivity contribution >= 4 is 10.9 Å². The number of aromatic nitrogens is 1. The summed E-state index contributed by atoms with van der Waals surface area (Å²) >= 11 is 0. The maximum atomic E-state index is 10.8. The third-order valence-corrected chi connectivity index (χ3v) is 5.52. The summed E-state index contributed by atoms with van der Waals surface area (Å²) in [6.07, 6.45) is 2.38. The van der Waals surface area contributed by atoms with E-state index in [1.54, 1.807) is 0 Å². The molecule has 0 radical (unpaired) electrons. The van der Waals surface area contributed by atoms with Gasteiger partial charge in [-0.15, -0.1) is 0 Å².